The Hall–Kier alpha value is -1.84. The van der Waals surface area contributed by atoms with Crippen LogP contribution in [0.15, 0.2) is 38.0 Å². The first kappa shape index (κ1) is 20.2. The molecular weight excluding hydrogens is 280 g/mol. The van der Waals surface area contributed by atoms with Crippen LogP contribution < -0.4 is 0 Å². The monoisotopic (exact) mass is 308 g/mol. The molecule has 0 rings (SSSR count). The summed E-state index contributed by atoms with van der Waals surface area (Å²) in [5.41, 5.74) is 0. The Kier molecular flexibility index (Phi) is 9.92. The van der Waals surface area contributed by atoms with Crippen LogP contribution in [-0.4, -0.2) is 24.1 Å². The third-order valence-electron chi connectivity index (χ3n) is 3.69. The molecule has 0 saturated carbocycles. The van der Waals surface area contributed by atoms with Gasteiger partial charge in [0.05, 0.1) is 6.10 Å². The van der Waals surface area contributed by atoms with Gasteiger partial charge in [-0.3, -0.25) is 0 Å². The molecule has 4 atom stereocenters. The summed E-state index contributed by atoms with van der Waals surface area (Å²) in [6, 6.07) is 0. The van der Waals surface area contributed by atoms with Gasteiger partial charge in [-0.05, 0) is 32.1 Å². The van der Waals surface area contributed by atoms with Gasteiger partial charge in [0.15, 0.2) is 0 Å². The van der Waals surface area contributed by atoms with E-state index in [0.29, 0.717) is 6.42 Å². The molecule has 0 amide bonds. The van der Waals surface area contributed by atoms with E-state index in [-0.39, 0.29) is 24.0 Å². The van der Waals surface area contributed by atoms with Gasteiger partial charge in [-0.25, -0.2) is 9.59 Å². The molecule has 0 saturated heterocycles. The normalized spacial score (nSPS) is 15.8. The molecule has 0 aliphatic carbocycles. The van der Waals surface area contributed by atoms with Crippen LogP contribution in [-0.2, 0) is 19.1 Å². The lowest BCUT2D eigenvalue weighted by Gasteiger charge is -2.29. The molecule has 0 fully saturated rings. The maximum Gasteiger partial charge on any atom is 0.330 e. The number of hydrogen-bond donors (Lipinski definition) is 0. The molecular formula is C18H28O4. The number of carbonyl (C=O) groups excluding carboxylic acids is 2. The van der Waals surface area contributed by atoms with Gasteiger partial charge >= 0.3 is 11.9 Å². The summed E-state index contributed by atoms with van der Waals surface area (Å²) >= 11 is 0. The van der Waals surface area contributed by atoms with Gasteiger partial charge in [0.25, 0.3) is 0 Å². The Bertz CT molecular complexity index is 400. The van der Waals surface area contributed by atoms with Gasteiger partial charge in [-0.2, -0.15) is 0 Å². The van der Waals surface area contributed by atoms with E-state index in [1.807, 2.05) is 26.8 Å². The minimum atomic E-state index is -0.428. The number of hydrogen-bond acceptors (Lipinski definition) is 4. The van der Waals surface area contributed by atoms with E-state index in [1.54, 1.807) is 0 Å². The molecule has 0 N–H and O–H groups in total. The molecule has 0 spiro atoms. The minimum absolute atomic E-state index is 0.0879. The molecule has 1 unspecified atom stereocenters. The lowest BCUT2D eigenvalue weighted by molar-refractivity contribution is -0.148. The van der Waals surface area contributed by atoms with E-state index in [4.69, 9.17) is 9.47 Å². The fourth-order valence-corrected chi connectivity index (χ4v) is 2.31. The predicted molar refractivity (Wildman–Crippen MR) is 88.2 cm³/mol. The number of rotatable bonds is 11. The largest absolute Gasteiger partial charge is 0.460 e. The maximum atomic E-state index is 11.5. The molecule has 0 aliphatic rings. The third kappa shape index (κ3) is 7.25. The van der Waals surface area contributed by atoms with Crippen molar-refractivity contribution in [3.63, 3.8) is 0 Å². The lowest BCUT2D eigenvalue weighted by Crippen LogP contribution is -2.32. The quantitative estimate of drug-likeness (QED) is 0.331. The number of esters is 2. The molecule has 0 aromatic carbocycles. The standard InChI is InChI=1S/C18H28O4/c1-7-15(8-2)18(22-17(20)10-4)13(5)11-12-14(6)21-16(19)9-3/h7,9-10,13-15,18H,1,3-4,8,11-12H2,2,5-6H3/t13-,14?,15+,18-/m1/s1. The van der Waals surface area contributed by atoms with Crippen LogP contribution in [0.25, 0.3) is 0 Å². The maximum absolute atomic E-state index is 11.5. The second kappa shape index (κ2) is 10.8. The zero-order valence-electron chi connectivity index (χ0n) is 13.9. The first-order valence-electron chi connectivity index (χ1n) is 7.68. The van der Waals surface area contributed by atoms with Crippen molar-refractivity contribution in [2.24, 2.45) is 11.8 Å². The van der Waals surface area contributed by atoms with Gasteiger partial charge in [0, 0.05) is 18.1 Å². The molecule has 22 heavy (non-hydrogen) atoms. The van der Waals surface area contributed by atoms with E-state index in [2.05, 4.69) is 19.7 Å². The minimum Gasteiger partial charge on any atom is -0.460 e. The molecule has 0 aliphatic heterocycles. The Morgan fingerprint density at radius 2 is 1.55 bits per heavy atom. The van der Waals surface area contributed by atoms with Crippen LogP contribution in [0.4, 0.5) is 0 Å². The SMILES string of the molecule is C=CC(=O)OC(C)CC[C@@H](C)[C@@H](OC(=O)C=C)[C@@H](C=C)CC. The number of ether oxygens (including phenoxy) is 2. The van der Waals surface area contributed by atoms with Crippen molar-refractivity contribution in [1.29, 1.82) is 0 Å². The smallest absolute Gasteiger partial charge is 0.330 e. The van der Waals surface area contributed by atoms with Crippen molar-refractivity contribution in [2.75, 3.05) is 0 Å². The van der Waals surface area contributed by atoms with E-state index in [0.717, 1.165) is 18.9 Å². The van der Waals surface area contributed by atoms with E-state index >= 15 is 0 Å². The van der Waals surface area contributed by atoms with Crippen molar-refractivity contribution in [3.05, 3.63) is 38.0 Å². The topological polar surface area (TPSA) is 52.6 Å². The van der Waals surface area contributed by atoms with Gasteiger partial charge in [-0.1, -0.05) is 33.1 Å². The summed E-state index contributed by atoms with van der Waals surface area (Å²) in [4.78, 5) is 22.7. The molecule has 0 bridgehead atoms. The van der Waals surface area contributed by atoms with Crippen molar-refractivity contribution in [1.82, 2.24) is 0 Å². The Balaban J connectivity index is 4.67. The Labute approximate surface area is 133 Å². The first-order chi connectivity index (χ1) is 10.4. The number of carbonyl (C=O) groups is 2. The second-order valence-corrected chi connectivity index (χ2v) is 5.42. The van der Waals surface area contributed by atoms with Crippen LogP contribution in [0.1, 0.15) is 40.0 Å². The van der Waals surface area contributed by atoms with Gasteiger partial charge in [0.2, 0.25) is 0 Å². The van der Waals surface area contributed by atoms with Crippen LogP contribution >= 0.6 is 0 Å². The third-order valence-corrected chi connectivity index (χ3v) is 3.69. The highest BCUT2D eigenvalue weighted by atomic mass is 16.5. The summed E-state index contributed by atoms with van der Waals surface area (Å²) in [6.45, 7) is 16.5. The Morgan fingerprint density at radius 3 is 2.00 bits per heavy atom. The molecule has 0 heterocycles. The summed E-state index contributed by atoms with van der Waals surface area (Å²) in [5, 5.41) is 0. The predicted octanol–water partition coefficient (Wildman–Crippen LogP) is 3.83. The van der Waals surface area contributed by atoms with Gasteiger partial charge in [-0.15, -0.1) is 6.58 Å². The summed E-state index contributed by atoms with van der Waals surface area (Å²) in [6.07, 6.45) is 5.98. The van der Waals surface area contributed by atoms with Crippen LogP contribution in [0.3, 0.4) is 0 Å². The zero-order chi connectivity index (χ0) is 17.1. The molecule has 0 radical (unpaired) electrons. The fourth-order valence-electron chi connectivity index (χ4n) is 2.31. The fraction of sp³-hybridized carbons (Fsp3) is 0.556. The van der Waals surface area contributed by atoms with E-state index in [9.17, 15) is 9.59 Å². The average molecular weight is 308 g/mol. The summed E-state index contributed by atoms with van der Waals surface area (Å²) < 4.78 is 10.6. The Morgan fingerprint density at radius 1 is 1.00 bits per heavy atom. The lowest BCUT2D eigenvalue weighted by atomic mass is 9.86. The van der Waals surface area contributed by atoms with Gasteiger partial charge in [0.1, 0.15) is 6.10 Å². The van der Waals surface area contributed by atoms with Crippen LogP contribution in [0.2, 0.25) is 0 Å². The van der Waals surface area contributed by atoms with E-state index in [1.165, 1.54) is 6.08 Å². The molecule has 0 aromatic rings. The highest BCUT2D eigenvalue weighted by Crippen LogP contribution is 2.25. The average Bonchev–Trinajstić information content (AvgIpc) is 2.52. The van der Waals surface area contributed by atoms with E-state index < -0.39 is 11.9 Å². The van der Waals surface area contributed by atoms with Crippen LogP contribution in [0.5, 0.6) is 0 Å². The highest BCUT2D eigenvalue weighted by Gasteiger charge is 2.27. The van der Waals surface area contributed by atoms with Crippen molar-refractivity contribution < 1.29 is 19.1 Å². The molecule has 4 nitrogen and oxygen atoms in total. The van der Waals surface area contributed by atoms with Gasteiger partial charge < -0.3 is 9.47 Å². The molecule has 0 aromatic heterocycles. The summed E-state index contributed by atoms with van der Waals surface area (Å²) in [7, 11) is 0. The van der Waals surface area contributed by atoms with Crippen molar-refractivity contribution in [3.8, 4) is 0 Å². The zero-order valence-corrected chi connectivity index (χ0v) is 13.9. The highest BCUT2D eigenvalue weighted by molar-refractivity contribution is 5.81. The first-order valence-corrected chi connectivity index (χ1v) is 7.68. The van der Waals surface area contributed by atoms with Crippen LogP contribution in [0, 0.1) is 11.8 Å². The van der Waals surface area contributed by atoms with Crippen molar-refractivity contribution >= 4 is 11.9 Å². The van der Waals surface area contributed by atoms with Crippen molar-refractivity contribution in [2.45, 2.75) is 52.2 Å². The molecule has 124 valence electrons. The molecule has 4 heteroatoms. The summed E-state index contributed by atoms with van der Waals surface area (Å²) in [5.74, 6) is -0.641. The second-order valence-electron chi connectivity index (χ2n) is 5.42.